The monoisotopic (exact) mass is 467 g/mol. The molecular weight excluding hydrogens is 444 g/mol. The van der Waals surface area contributed by atoms with E-state index in [9.17, 15) is 9.90 Å². The van der Waals surface area contributed by atoms with Crippen molar-refractivity contribution in [2.24, 2.45) is 7.05 Å². The van der Waals surface area contributed by atoms with Gasteiger partial charge in [-0.15, -0.1) is 0 Å². The van der Waals surface area contributed by atoms with E-state index in [-0.39, 0.29) is 6.10 Å². The molecule has 0 saturated carbocycles. The molecule has 0 saturated heterocycles. The van der Waals surface area contributed by atoms with Gasteiger partial charge in [0.05, 0.1) is 22.6 Å². The van der Waals surface area contributed by atoms with E-state index in [1.54, 1.807) is 19.1 Å². The molecule has 0 bridgehead atoms. The summed E-state index contributed by atoms with van der Waals surface area (Å²) < 4.78 is 13.2. The van der Waals surface area contributed by atoms with Gasteiger partial charge in [0.1, 0.15) is 5.75 Å². The van der Waals surface area contributed by atoms with Crippen LogP contribution in [0.3, 0.4) is 0 Å². The topological polar surface area (TPSA) is 105 Å². The van der Waals surface area contributed by atoms with Gasteiger partial charge in [-0.05, 0) is 50.6 Å². The number of nitrogens with zero attached hydrogens (tertiary/aromatic N) is 3. The number of halogens is 1. The predicted octanol–water partition coefficient (Wildman–Crippen LogP) is 3.56. The van der Waals surface area contributed by atoms with Crippen molar-refractivity contribution in [2.75, 3.05) is 0 Å². The summed E-state index contributed by atoms with van der Waals surface area (Å²) in [7, 11) is 1.92. The molecule has 4 aromatic rings. The van der Waals surface area contributed by atoms with Crippen molar-refractivity contribution in [1.29, 1.82) is 0 Å². The van der Waals surface area contributed by atoms with E-state index in [2.05, 4.69) is 15.5 Å². The molecule has 1 atom stereocenters. The largest absolute Gasteiger partial charge is 0.548 e. The number of carboxylic acid groups (broad SMARTS) is 1. The highest BCUT2D eigenvalue weighted by Crippen LogP contribution is 2.33. The van der Waals surface area contributed by atoms with Gasteiger partial charge >= 0.3 is 0 Å². The van der Waals surface area contributed by atoms with Gasteiger partial charge in [-0.3, -0.25) is 0 Å². The summed E-state index contributed by atoms with van der Waals surface area (Å²) in [6, 6.07) is 10.4. The molecule has 0 aliphatic rings. The van der Waals surface area contributed by atoms with E-state index in [0.29, 0.717) is 34.6 Å². The summed E-state index contributed by atoms with van der Waals surface area (Å²) in [5.74, 6) is 0.244. The summed E-state index contributed by atoms with van der Waals surface area (Å²) in [5.41, 5.74) is 3.37. The van der Waals surface area contributed by atoms with Gasteiger partial charge in [0.2, 0.25) is 5.82 Å². The molecule has 0 amide bonds. The van der Waals surface area contributed by atoms with Crippen molar-refractivity contribution in [3.63, 3.8) is 0 Å². The Morgan fingerprint density at radius 2 is 2.06 bits per heavy atom. The molecule has 0 unspecified atom stereocenters. The lowest BCUT2D eigenvalue weighted by atomic mass is 10.1. The molecule has 0 aliphatic heterocycles. The Labute approximate surface area is 196 Å². The van der Waals surface area contributed by atoms with Gasteiger partial charge < -0.3 is 29.0 Å². The van der Waals surface area contributed by atoms with Crippen molar-refractivity contribution in [2.45, 2.75) is 39.5 Å². The number of hydrogen-bond donors (Lipinski definition) is 1. The van der Waals surface area contributed by atoms with E-state index < -0.39 is 12.0 Å². The number of aryl methyl sites for hydroxylation is 1. The van der Waals surface area contributed by atoms with Crippen molar-refractivity contribution >= 4 is 28.5 Å². The molecule has 2 heterocycles. The number of aliphatic carboxylic acids is 1. The highest BCUT2D eigenvalue weighted by molar-refractivity contribution is 6.32. The Kier molecular flexibility index (Phi) is 6.40. The van der Waals surface area contributed by atoms with Gasteiger partial charge in [0.25, 0.3) is 5.89 Å². The Balaban J connectivity index is 1.66. The van der Waals surface area contributed by atoms with Crippen LogP contribution in [0, 0.1) is 0 Å². The Bertz CT molecular complexity index is 1310. The minimum absolute atomic E-state index is 0.0122. The standard InChI is InChI=1S/C24H25ClN4O4/c1-13(2)32-20-9-8-15(10-19(20)25)23-27-22(28-33-23)18-7-5-6-17-16(12-29(4)21(17)18)11-26-14(3)24(30)31/h5-10,12-14,26H,11H2,1-4H3,(H,30,31)/p-1/t14-/m0/s1. The van der Waals surface area contributed by atoms with Crippen LogP contribution in [-0.4, -0.2) is 32.8 Å². The number of carboxylic acids is 1. The summed E-state index contributed by atoms with van der Waals surface area (Å²) in [6.45, 7) is 5.81. The number of benzene rings is 2. The smallest absolute Gasteiger partial charge is 0.258 e. The molecular formula is C24H24ClN4O4-. The fraction of sp³-hybridized carbons (Fsp3) is 0.292. The quantitative estimate of drug-likeness (QED) is 0.422. The lowest BCUT2D eigenvalue weighted by Crippen LogP contribution is -2.42. The summed E-state index contributed by atoms with van der Waals surface area (Å²) in [6.07, 6.45) is 1.97. The first kappa shape index (κ1) is 22.8. The van der Waals surface area contributed by atoms with Crippen LogP contribution in [0.4, 0.5) is 0 Å². The third-order valence-electron chi connectivity index (χ3n) is 5.24. The molecule has 0 radical (unpaired) electrons. The average Bonchev–Trinajstić information content (AvgIpc) is 3.38. The number of carbonyl (C=O) groups is 1. The number of rotatable bonds is 8. The third kappa shape index (κ3) is 4.72. The second kappa shape index (κ2) is 9.25. The second-order valence-corrected chi connectivity index (χ2v) is 8.53. The lowest BCUT2D eigenvalue weighted by molar-refractivity contribution is -0.308. The van der Waals surface area contributed by atoms with Crippen LogP contribution in [-0.2, 0) is 18.4 Å². The minimum Gasteiger partial charge on any atom is -0.548 e. The molecule has 8 nitrogen and oxygen atoms in total. The molecule has 0 aliphatic carbocycles. The van der Waals surface area contributed by atoms with E-state index in [4.69, 9.17) is 20.9 Å². The molecule has 172 valence electrons. The van der Waals surface area contributed by atoms with Gasteiger partial charge in [-0.25, -0.2) is 0 Å². The first-order valence-electron chi connectivity index (χ1n) is 10.6. The highest BCUT2D eigenvalue weighted by atomic mass is 35.5. The van der Waals surface area contributed by atoms with E-state index >= 15 is 0 Å². The van der Waals surface area contributed by atoms with Crippen LogP contribution < -0.4 is 15.2 Å². The van der Waals surface area contributed by atoms with Crippen molar-refractivity contribution in [3.05, 3.63) is 53.2 Å². The molecule has 0 fully saturated rings. The number of para-hydroxylation sites is 1. The van der Waals surface area contributed by atoms with Gasteiger partial charge in [-0.1, -0.05) is 28.9 Å². The molecule has 2 aromatic heterocycles. The fourth-order valence-corrected chi connectivity index (χ4v) is 3.88. The van der Waals surface area contributed by atoms with Crippen LogP contribution in [0.1, 0.15) is 26.3 Å². The Morgan fingerprint density at radius 3 is 2.76 bits per heavy atom. The number of aromatic nitrogens is 3. The first-order chi connectivity index (χ1) is 15.7. The first-order valence-corrected chi connectivity index (χ1v) is 10.9. The number of nitrogens with one attached hydrogen (secondary N) is 1. The lowest BCUT2D eigenvalue weighted by Gasteiger charge is -2.13. The van der Waals surface area contributed by atoms with E-state index in [1.165, 1.54) is 0 Å². The van der Waals surface area contributed by atoms with E-state index in [1.807, 2.05) is 55.9 Å². The second-order valence-electron chi connectivity index (χ2n) is 8.12. The Morgan fingerprint density at radius 1 is 1.27 bits per heavy atom. The molecule has 9 heteroatoms. The zero-order valence-corrected chi connectivity index (χ0v) is 19.5. The highest BCUT2D eigenvalue weighted by Gasteiger charge is 2.18. The SMILES string of the molecule is CC(C)Oc1ccc(-c2nc(-c3cccc4c(CN[C@@H](C)C(=O)[O-])cn(C)c34)no2)cc1Cl. The van der Waals surface area contributed by atoms with Crippen LogP contribution >= 0.6 is 11.6 Å². The van der Waals surface area contributed by atoms with Gasteiger partial charge in [0.15, 0.2) is 0 Å². The van der Waals surface area contributed by atoms with Crippen LogP contribution in [0.25, 0.3) is 33.7 Å². The zero-order chi connectivity index (χ0) is 23.7. The maximum atomic E-state index is 11.0. The zero-order valence-electron chi connectivity index (χ0n) is 18.8. The normalized spacial score (nSPS) is 12.4. The number of hydrogen-bond acceptors (Lipinski definition) is 7. The summed E-state index contributed by atoms with van der Waals surface area (Å²) in [5, 5.41) is 19.6. The average molecular weight is 468 g/mol. The summed E-state index contributed by atoms with van der Waals surface area (Å²) >= 11 is 6.36. The molecule has 4 rings (SSSR count). The van der Waals surface area contributed by atoms with Crippen molar-refractivity contribution in [1.82, 2.24) is 20.0 Å². The van der Waals surface area contributed by atoms with Crippen molar-refractivity contribution < 1.29 is 19.2 Å². The number of carbonyl (C=O) groups excluding carboxylic acids is 1. The summed E-state index contributed by atoms with van der Waals surface area (Å²) in [4.78, 5) is 15.6. The molecule has 33 heavy (non-hydrogen) atoms. The van der Waals surface area contributed by atoms with Gasteiger partial charge in [-0.2, -0.15) is 4.98 Å². The molecule has 0 spiro atoms. The third-order valence-corrected chi connectivity index (χ3v) is 5.54. The van der Waals surface area contributed by atoms with Crippen LogP contribution in [0.15, 0.2) is 47.1 Å². The molecule has 2 aromatic carbocycles. The van der Waals surface area contributed by atoms with Crippen LogP contribution in [0.2, 0.25) is 5.02 Å². The van der Waals surface area contributed by atoms with Gasteiger partial charge in [0, 0.05) is 42.3 Å². The minimum atomic E-state index is -1.14. The maximum absolute atomic E-state index is 11.0. The molecule has 1 N–H and O–H groups in total. The van der Waals surface area contributed by atoms with Crippen molar-refractivity contribution in [3.8, 4) is 28.6 Å². The van der Waals surface area contributed by atoms with Crippen LogP contribution in [0.5, 0.6) is 5.75 Å². The fourth-order valence-electron chi connectivity index (χ4n) is 3.65. The number of fused-ring (bicyclic) bond motifs is 1. The maximum Gasteiger partial charge on any atom is 0.258 e. The predicted molar refractivity (Wildman–Crippen MR) is 124 cm³/mol. The van der Waals surface area contributed by atoms with E-state index in [0.717, 1.165) is 22.0 Å². The number of ether oxygens (including phenoxy) is 1. The Hall–Kier alpha value is -3.36.